The van der Waals surface area contributed by atoms with Crippen molar-refractivity contribution in [3.8, 4) is 44.8 Å². The van der Waals surface area contributed by atoms with Gasteiger partial charge in [0.1, 0.15) is 0 Å². The van der Waals surface area contributed by atoms with Crippen molar-refractivity contribution in [1.82, 2.24) is 9.97 Å². The molecule has 4 aromatic carbocycles. The second kappa shape index (κ2) is 10.4. The second-order valence-corrected chi connectivity index (χ2v) is 9.11. The van der Waals surface area contributed by atoms with Crippen LogP contribution in [0, 0.1) is 0 Å². The molecule has 0 spiro atoms. The molecule has 6 aromatic rings. The third kappa shape index (κ3) is 5.24. The molecular weight excluding hydrogens is 448 g/mol. The Hall–Kier alpha value is -4.82. The topological polar surface area (TPSA) is 25.8 Å². The molecule has 37 heavy (non-hydrogen) atoms. The van der Waals surface area contributed by atoms with Gasteiger partial charge in [-0.25, -0.2) is 0 Å². The molecule has 2 aromatic heterocycles. The fourth-order valence-electron chi connectivity index (χ4n) is 4.65. The van der Waals surface area contributed by atoms with Gasteiger partial charge in [0, 0.05) is 28.9 Å². The van der Waals surface area contributed by atoms with Crippen LogP contribution in [0.25, 0.3) is 44.8 Å². The van der Waals surface area contributed by atoms with Crippen LogP contribution in [0.4, 0.5) is 0 Å². The molecule has 2 heterocycles. The number of aromatic nitrogens is 2. The van der Waals surface area contributed by atoms with Crippen LogP contribution in [0.15, 0.2) is 146 Å². The van der Waals surface area contributed by atoms with E-state index < -0.39 is 0 Å². The first-order valence-corrected chi connectivity index (χ1v) is 12.6. The van der Waals surface area contributed by atoms with Crippen LogP contribution in [0.1, 0.15) is 11.4 Å². The summed E-state index contributed by atoms with van der Waals surface area (Å²) >= 11 is 0. The van der Waals surface area contributed by atoms with E-state index >= 15 is 0 Å². The Balaban J connectivity index is 1.46. The van der Waals surface area contributed by atoms with Gasteiger partial charge in [0.2, 0.25) is 0 Å². The maximum Gasteiger partial charge on any atom is 0.0711 e. The van der Waals surface area contributed by atoms with Crippen LogP contribution in [0.5, 0.6) is 0 Å². The zero-order chi connectivity index (χ0) is 24.9. The Kier molecular flexibility index (Phi) is 6.38. The van der Waals surface area contributed by atoms with Crippen LogP contribution in [-0.4, -0.2) is 9.97 Å². The van der Waals surface area contributed by atoms with Crippen LogP contribution in [-0.2, 0) is 6.42 Å². The number of pyridine rings is 2. The zero-order valence-electron chi connectivity index (χ0n) is 20.5. The highest BCUT2D eigenvalue weighted by atomic mass is 14.8. The number of hydrogen-bond acceptors (Lipinski definition) is 2. The first-order chi connectivity index (χ1) is 18.3. The monoisotopic (exact) mass is 474 g/mol. The van der Waals surface area contributed by atoms with E-state index in [4.69, 9.17) is 9.97 Å². The molecule has 0 radical (unpaired) electrons. The van der Waals surface area contributed by atoms with Crippen molar-refractivity contribution in [1.29, 1.82) is 0 Å². The van der Waals surface area contributed by atoms with E-state index in [0.29, 0.717) is 6.42 Å². The molecule has 0 saturated carbocycles. The van der Waals surface area contributed by atoms with Crippen LogP contribution < -0.4 is 0 Å². The third-order valence-corrected chi connectivity index (χ3v) is 6.47. The molecule has 0 bridgehead atoms. The average molecular weight is 475 g/mol. The minimum Gasteiger partial charge on any atom is -0.252 e. The smallest absolute Gasteiger partial charge is 0.0711 e. The quantitative estimate of drug-likeness (QED) is 0.241. The van der Waals surface area contributed by atoms with E-state index in [-0.39, 0.29) is 0 Å². The fourth-order valence-corrected chi connectivity index (χ4v) is 4.65. The lowest BCUT2D eigenvalue weighted by Crippen LogP contribution is -2.00. The number of benzene rings is 4. The number of nitrogens with zero attached hydrogens (tertiary/aromatic N) is 2. The molecule has 0 aliphatic carbocycles. The lowest BCUT2D eigenvalue weighted by Gasteiger charge is -2.12. The van der Waals surface area contributed by atoms with Crippen LogP contribution in [0.3, 0.4) is 0 Å². The van der Waals surface area contributed by atoms with Crippen molar-refractivity contribution < 1.29 is 0 Å². The van der Waals surface area contributed by atoms with Gasteiger partial charge in [0.15, 0.2) is 0 Å². The maximum atomic E-state index is 5.09. The molecule has 0 unspecified atom stereocenters. The maximum absolute atomic E-state index is 5.09. The van der Waals surface area contributed by atoms with Gasteiger partial charge in [-0.15, -0.1) is 0 Å². The fraction of sp³-hybridized carbons (Fsp3) is 0.0286. The highest BCUT2D eigenvalue weighted by Crippen LogP contribution is 2.29. The molecule has 0 saturated heterocycles. The van der Waals surface area contributed by atoms with Gasteiger partial charge in [-0.05, 0) is 46.5 Å². The van der Waals surface area contributed by atoms with Gasteiger partial charge in [0.25, 0.3) is 0 Å². The van der Waals surface area contributed by atoms with Gasteiger partial charge < -0.3 is 0 Å². The Labute approximate surface area is 218 Å². The molecule has 6 rings (SSSR count). The largest absolute Gasteiger partial charge is 0.252 e. The summed E-state index contributed by atoms with van der Waals surface area (Å²) in [4.78, 5) is 10.2. The zero-order valence-corrected chi connectivity index (χ0v) is 20.5. The number of hydrogen-bond donors (Lipinski definition) is 0. The SMILES string of the molecule is c1ccc(-c2cc(Cc3cc(-c4ccccc4)cc(-c4ccccc4)n3)nc(-c3ccccc3)c2)cc1. The summed E-state index contributed by atoms with van der Waals surface area (Å²) in [6.45, 7) is 0. The lowest BCUT2D eigenvalue weighted by atomic mass is 9.99. The second-order valence-electron chi connectivity index (χ2n) is 9.11. The van der Waals surface area contributed by atoms with E-state index in [9.17, 15) is 0 Å². The van der Waals surface area contributed by atoms with Crippen molar-refractivity contribution >= 4 is 0 Å². The van der Waals surface area contributed by atoms with Crippen molar-refractivity contribution in [2.24, 2.45) is 0 Å². The minimum atomic E-state index is 0.640. The van der Waals surface area contributed by atoms with E-state index in [1.54, 1.807) is 0 Å². The van der Waals surface area contributed by atoms with Gasteiger partial charge >= 0.3 is 0 Å². The highest BCUT2D eigenvalue weighted by Gasteiger charge is 2.11. The summed E-state index contributed by atoms with van der Waals surface area (Å²) < 4.78 is 0. The molecule has 0 N–H and O–H groups in total. The first kappa shape index (κ1) is 22.6. The van der Waals surface area contributed by atoms with Crippen molar-refractivity contribution in [2.45, 2.75) is 6.42 Å². The van der Waals surface area contributed by atoms with E-state index in [0.717, 1.165) is 45.0 Å². The Morgan fingerprint density at radius 3 is 1.00 bits per heavy atom. The molecule has 0 aliphatic heterocycles. The molecule has 2 nitrogen and oxygen atoms in total. The molecule has 0 aliphatic rings. The highest BCUT2D eigenvalue weighted by molar-refractivity contribution is 5.73. The van der Waals surface area contributed by atoms with Crippen LogP contribution in [0.2, 0.25) is 0 Å². The van der Waals surface area contributed by atoms with E-state index in [2.05, 4.69) is 121 Å². The summed E-state index contributed by atoms with van der Waals surface area (Å²) in [5.41, 5.74) is 10.8. The Bertz CT molecular complexity index is 1370. The van der Waals surface area contributed by atoms with E-state index in [1.165, 1.54) is 11.1 Å². The normalized spacial score (nSPS) is 10.8. The summed E-state index contributed by atoms with van der Waals surface area (Å²) in [7, 11) is 0. The summed E-state index contributed by atoms with van der Waals surface area (Å²) in [5, 5.41) is 0. The first-order valence-electron chi connectivity index (χ1n) is 12.6. The Morgan fingerprint density at radius 2 is 0.649 bits per heavy atom. The van der Waals surface area contributed by atoms with Crippen molar-refractivity contribution in [2.75, 3.05) is 0 Å². The molecular formula is C35H26N2. The molecule has 0 atom stereocenters. The third-order valence-electron chi connectivity index (χ3n) is 6.47. The minimum absolute atomic E-state index is 0.640. The molecule has 0 fully saturated rings. The number of rotatable bonds is 6. The predicted octanol–water partition coefficient (Wildman–Crippen LogP) is 8.74. The predicted molar refractivity (Wildman–Crippen MR) is 153 cm³/mol. The van der Waals surface area contributed by atoms with Gasteiger partial charge in [-0.1, -0.05) is 121 Å². The molecule has 0 amide bonds. The molecule has 176 valence electrons. The van der Waals surface area contributed by atoms with Crippen LogP contribution >= 0.6 is 0 Å². The molecule has 2 heteroatoms. The standard InChI is InChI=1S/C35H26N2/c1-5-13-26(14-6-1)30-21-32(36-34(23-30)28-17-9-3-10-18-28)25-33-22-31(27-15-7-2-8-16-27)24-35(37-33)29-19-11-4-12-20-29/h1-24H,25H2. The van der Waals surface area contributed by atoms with Gasteiger partial charge in [-0.3, -0.25) is 9.97 Å². The van der Waals surface area contributed by atoms with Gasteiger partial charge in [-0.2, -0.15) is 0 Å². The summed E-state index contributed by atoms with van der Waals surface area (Å²) in [6, 6.07) is 50.5. The summed E-state index contributed by atoms with van der Waals surface area (Å²) in [6.07, 6.45) is 0.640. The average Bonchev–Trinajstić information content (AvgIpc) is 2.99. The van der Waals surface area contributed by atoms with E-state index in [1.807, 2.05) is 24.3 Å². The van der Waals surface area contributed by atoms with Gasteiger partial charge in [0.05, 0.1) is 11.4 Å². The lowest BCUT2D eigenvalue weighted by molar-refractivity contribution is 1.02. The van der Waals surface area contributed by atoms with Crippen molar-refractivity contribution in [3.05, 3.63) is 157 Å². The Morgan fingerprint density at radius 1 is 0.324 bits per heavy atom. The van der Waals surface area contributed by atoms with Crippen molar-refractivity contribution in [3.63, 3.8) is 0 Å². The summed E-state index contributed by atoms with van der Waals surface area (Å²) in [5.74, 6) is 0.